The summed E-state index contributed by atoms with van der Waals surface area (Å²) in [7, 11) is 0. The number of nitrogens with zero attached hydrogens (tertiary/aromatic N) is 4. The Morgan fingerprint density at radius 2 is 1.80 bits per heavy atom. The molecule has 0 aliphatic rings. The summed E-state index contributed by atoms with van der Waals surface area (Å²) in [5.41, 5.74) is 1.86. The zero-order valence-corrected chi connectivity index (χ0v) is 13.8. The molecule has 0 atom stereocenters. The molecule has 0 aliphatic heterocycles. The van der Waals surface area contributed by atoms with Gasteiger partial charge >= 0.3 is 0 Å². The first-order valence-electron chi connectivity index (χ1n) is 7.54. The number of aromatic nitrogens is 4. The van der Waals surface area contributed by atoms with Crippen LogP contribution in [0.25, 0.3) is 16.7 Å². The van der Waals surface area contributed by atoms with Crippen molar-refractivity contribution < 1.29 is 8.78 Å². The van der Waals surface area contributed by atoms with Crippen LogP contribution >= 0.6 is 11.8 Å². The van der Waals surface area contributed by atoms with Gasteiger partial charge in [-0.25, -0.2) is 23.4 Å². The largest absolute Gasteiger partial charge is 0.229 e. The molecule has 0 amide bonds. The fourth-order valence-corrected chi connectivity index (χ4v) is 3.44. The molecular weight excluding hydrogens is 342 g/mol. The molecule has 4 nitrogen and oxygen atoms in total. The first-order valence-corrected chi connectivity index (χ1v) is 8.52. The number of benzene rings is 2. The third-order valence-electron chi connectivity index (χ3n) is 3.73. The van der Waals surface area contributed by atoms with Gasteiger partial charge in [0.2, 0.25) is 0 Å². The van der Waals surface area contributed by atoms with Gasteiger partial charge in [-0.15, -0.1) is 11.8 Å². The van der Waals surface area contributed by atoms with Gasteiger partial charge in [-0.3, -0.25) is 0 Å². The van der Waals surface area contributed by atoms with Gasteiger partial charge in [0, 0.05) is 11.3 Å². The predicted octanol–water partition coefficient (Wildman–Crippen LogP) is 4.39. The van der Waals surface area contributed by atoms with E-state index in [1.54, 1.807) is 16.9 Å². The Morgan fingerprint density at radius 1 is 0.960 bits per heavy atom. The second-order valence-electron chi connectivity index (χ2n) is 5.31. The Morgan fingerprint density at radius 3 is 2.64 bits per heavy atom. The molecule has 2 aromatic heterocycles. The lowest BCUT2D eigenvalue weighted by molar-refractivity contribution is 0.502. The Labute approximate surface area is 146 Å². The highest BCUT2D eigenvalue weighted by molar-refractivity contribution is 7.98. The van der Waals surface area contributed by atoms with E-state index in [-0.39, 0.29) is 5.75 Å². The summed E-state index contributed by atoms with van der Waals surface area (Å²) >= 11 is 1.32. The maximum atomic E-state index is 13.8. The van der Waals surface area contributed by atoms with Gasteiger partial charge in [0.25, 0.3) is 0 Å². The van der Waals surface area contributed by atoms with Crippen molar-refractivity contribution in [3.8, 4) is 5.69 Å². The molecule has 0 saturated heterocycles. The highest BCUT2D eigenvalue weighted by Crippen LogP contribution is 2.29. The smallest absolute Gasteiger partial charge is 0.167 e. The molecule has 7 heteroatoms. The average Bonchev–Trinajstić information content (AvgIpc) is 3.08. The third kappa shape index (κ3) is 2.98. The van der Waals surface area contributed by atoms with Gasteiger partial charge in [0.1, 0.15) is 11.4 Å². The van der Waals surface area contributed by atoms with Crippen LogP contribution in [0.4, 0.5) is 8.78 Å². The molecule has 4 aromatic rings. The van der Waals surface area contributed by atoms with Crippen molar-refractivity contribution in [2.75, 3.05) is 0 Å². The van der Waals surface area contributed by atoms with E-state index in [1.165, 1.54) is 24.2 Å². The molecule has 0 radical (unpaired) electrons. The first kappa shape index (κ1) is 15.7. The summed E-state index contributed by atoms with van der Waals surface area (Å²) in [4.78, 5) is 8.57. The van der Waals surface area contributed by atoms with Crippen LogP contribution in [-0.4, -0.2) is 19.7 Å². The predicted molar refractivity (Wildman–Crippen MR) is 92.6 cm³/mol. The van der Waals surface area contributed by atoms with Gasteiger partial charge < -0.3 is 0 Å². The molecule has 2 aromatic carbocycles. The fraction of sp³-hybridized carbons (Fsp3) is 0.0556. The Bertz CT molecular complexity index is 1030. The molecule has 0 aliphatic carbocycles. The molecule has 0 spiro atoms. The van der Waals surface area contributed by atoms with Gasteiger partial charge in [-0.2, -0.15) is 5.10 Å². The summed E-state index contributed by atoms with van der Waals surface area (Å²) in [6, 6.07) is 13.8. The second-order valence-corrected chi connectivity index (χ2v) is 6.27. The highest BCUT2D eigenvalue weighted by atomic mass is 32.2. The molecule has 2 heterocycles. The van der Waals surface area contributed by atoms with E-state index >= 15 is 0 Å². The molecule has 0 unspecified atom stereocenters. The fourth-order valence-electron chi connectivity index (χ4n) is 2.50. The summed E-state index contributed by atoms with van der Waals surface area (Å²) in [6.07, 6.45) is 3.14. The van der Waals surface area contributed by atoms with E-state index in [0.717, 1.165) is 17.1 Å². The lowest BCUT2D eigenvalue weighted by Crippen LogP contribution is -1.97. The average molecular weight is 354 g/mol. The number of fused-ring (bicyclic) bond motifs is 1. The number of halogens is 2. The monoisotopic (exact) mass is 354 g/mol. The summed E-state index contributed by atoms with van der Waals surface area (Å²) in [5.74, 6) is -1.39. The van der Waals surface area contributed by atoms with Crippen LogP contribution in [0, 0.1) is 11.6 Å². The van der Waals surface area contributed by atoms with Crippen molar-refractivity contribution in [3.63, 3.8) is 0 Å². The Hall–Kier alpha value is -2.80. The van der Waals surface area contributed by atoms with Gasteiger partial charge in [0.15, 0.2) is 17.3 Å². The molecule has 0 bridgehead atoms. The molecular formula is C18H12F2N4S. The van der Waals surface area contributed by atoms with Crippen molar-refractivity contribution in [1.82, 2.24) is 19.7 Å². The van der Waals surface area contributed by atoms with E-state index in [4.69, 9.17) is 0 Å². The van der Waals surface area contributed by atoms with Gasteiger partial charge in [-0.05, 0) is 18.2 Å². The van der Waals surface area contributed by atoms with Gasteiger partial charge in [0.05, 0.1) is 17.3 Å². The lowest BCUT2D eigenvalue weighted by atomic mass is 10.2. The van der Waals surface area contributed by atoms with Crippen molar-refractivity contribution in [2.24, 2.45) is 0 Å². The normalized spacial score (nSPS) is 11.1. The minimum Gasteiger partial charge on any atom is -0.229 e. The lowest BCUT2D eigenvalue weighted by Gasteiger charge is -2.05. The van der Waals surface area contributed by atoms with Crippen LogP contribution in [0.3, 0.4) is 0 Å². The molecule has 4 rings (SSSR count). The molecule has 0 N–H and O–H groups in total. The van der Waals surface area contributed by atoms with E-state index in [0.29, 0.717) is 16.2 Å². The third-order valence-corrected chi connectivity index (χ3v) is 4.78. The minimum absolute atomic E-state index is 0.270. The summed E-state index contributed by atoms with van der Waals surface area (Å²) < 4.78 is 28.9. The zero-order valence-electron chi connectivity index (χ0n) is 12.9. The van der Waals surface area contributed by atoms with Crippen LogP contribution in [0.2, 0.25) is 0 Å². The summed E-state index contributed by atoms with van der Waals surface area (Å²) in [5, 5.41) is 5.83. The van der Waals surface area contributed by atoms with E-state index < -0.39 is 11.6 Å². The standard InChI is InChI=1S/C18H12F2N4S/c19-15-8-4-5-12(16(15)20)10-25-18-14-9-23-24(17(14)21-11-22-18)13-6-2-1-3-7-13/h1-9,11H,10H2. The Balaban J connectivity index is 1.67. The maximum absolute atomic E-state index is 13.8. The topological polar surface area (TPSA) is 43.6 Å². The minimum atomic E-state index is -0.845. The SMILES string of the molecule is Fc1cccc(CSc2ncnc3c2cnn3-c2ccccc2)c1F. The molecule has 0 fully saturated rings. The van der Waals surface area contributed by atoms with Crippen LogP contribution in [-0.2, 0) is 5.75 Å². The molecule has 0 saturated carbocycles. The van der Waals surface area contributed by atoms with Crippen molar-refractivity contribution >= 4 is 22.8 Å². The Kier molecular flexibility index (Phi) is 4.15. The van der Waals surface area contributed by atoms with E-state index in [1.807, 2.05) is 30.3 Å². The number of thioether (sulfide) groups is 1. The number of hydrogen-bond acceptors (Lipinski definition) is 4. The molecule has 124 valence electrons. The number of hydrogen-bond donors (Lipinski definition) is 0. The van der Waals surface area contributed by atoms with Crippen molar-refractivity contribution in [1.29, 1.82) is 0 Å². The van der Waals surface area contributed by atoms with Crippen LogP contribution < -0.4 is 0 Å². The second kappa shape index (κ2) is 6.60. The highest BCUT2D eigenvalue weighted by Gasteiger charge is 2.13. The van der Waals surface area contributed by atoms with Crippen LogP contribution in [0.1, 0.15) is 5.56 Å². The van der Waals surface area contributed by atoms with E-state index in [9.17, 15) is 8.78 Å². The zero-order chi connectivity index (χ0) is 17.2. The van der Waals surface area contributed by atoms with Crippen LogP contribution in [0.5, 0.6) is 0 Å². The van der Waals surface area contributed by atoms with Gasteiger partial charge in [-0.1, -0.05) is 30.3 Å². The first-order chi connectivity index (χ1) is 12.2. The van der Waals surface area contributed by atoms with Crippen molar-refractivity contribution in [3.05, 3.63) is 78.3 Å². The summed E-state index contributed by atoms with van der Waals surface area (Å²) in [6.45, 7) is 0. The number of para-hydroxylation sites is 1. The number of rotatable bonds is 4. The van der Waals surface area contributed by atoms with Crippen LogP contribution in [0.15, 0.2) is 66.1 Å². The van der Waals surface area contributed by atoms with E-state index in [2.05, 4.69) is 15.1 Å². The quantitative estimate of drug-likeness (QED) is 0.403. The maximum Gasteiger partial charge on any atom is 0.167 e. The van der Waals surface area contributed by atoms with Crippen molar-refractivity contribution in [2.45, 2.75) is 10.8 Å². The molecule has 25 heavy (non-hydrogen) atoms.